The first kappa shape index (κ1) is 28.7. The number of aromatic hydroxyl groups is 1. The maximum Gasteiger partial charge on any atom is 0.255 e. The van der Waals surface area contributed by atoms with Crippen LogP contribution in [-0.2, 0) is 20.8 Å². The number of carbonyl (C=O) groups is 3. The van der Waals surface area contributed by atoms with Crippen LogP contribution in [0.2, 0.25) is 0 Å². The number of hydrogen-bond acceptors (Lipinski definition) is 10. The van der Waals surface area contributed by atoms with E-state index < -0.39 is 58.0 Å². The van der Waals surface area contributed by atoms with Crippen molar-refractivity contribution < 1.29 is 34.8 Å². The number of nitrogens with two attached hydrogens (primary N) is 2. The van der Waals surface area contributed by atoms with Crippen LogP contribution in [0.25, 0.3) is 5.76 Å². The van der Waals surface area contributed by atoms with Crippen molar-refractivity contribution in [3.63, 3.8) is 0 Å². The highest BCUT2D eigenvalue weighted by molar-refractivity contribution is 6.24. The Morgan fingerprint density at radius 1 is 1.05 bits per heavy atom. The molecule has 0 bridgehead atoms. The van der Waals surface area contributed by atoms with Gasteiger partial charge in [0.2, 0.25) is 5.78 Å². The number of Topliss-reactive ketones (excluding diaryl/α,β-unsaturated/α-hetero) is 2. The van der Waals surface area contributed by atoms with Crippen molar-refractivity contribution in [1.82, 2.24) is 4.90 Å². The Morgan fingerprint density at radius 2 is 1.69 bits per heavy atom. The van der Waals surface area contributed by atoms with Gasteiger partial charge >= 0.3 is 0 Å². The van der Waals surface area contributed by atoms with Crippen LogP contribution in [0, 0.1) is 23.7 Å². The van der Waals surface area contributed by atoms with Gasteiger partial charge in [0.25, 0.3) is 5.91 Å². The molecule has 0 unspecified atom stereocenters. The lowest BCUT2D eigenvalue weighted by Crippen LogP contribution is -2.65. The Bertz CT molecular complexity index is 1680. The quantitative estimate of drug-likeness (QED) is 0.176. The smallest absolute Gasteiger partial charge is 0.255 e. The van der Waals surface area contributed by atoms with Gasteiger partial charge in [0, 0.05) is 42.5 Å². The molecule has 1 fully saturated rings. The second-order valence-corrected chi connectivity index (χ2v) is 11.4. The van der Waals surface area contributed by atoms with E-state index in [0.29, 0.717) is 22.5 Å². The Morgan fingerprint density at radius 3 is 2.26 bits per heavy atom. The lowest BCUT2D eigenvalue weighted by Gasteiger charge is -2.50. The molecule has 11 heteroatoms. The summed E-state index contributed by atoms with van der Waals surface area (Å²) in [6, 6.07) is 7.38. The van der Waals surface area contributed by atoms with Gasteiger partial charge in [-0.15, -0.1) is 0 Å². The van der Waals surface area contributed by atoms with Gasteiger partial charge in [-0.1, -0.05) is 11.8 Å². The number of carbonyl (C=O) groups excluding carboxylic acids is 3. The summed E-state index contributed by atoms with van der Waals surface area (Å²) in [5.74, 6) is -1.12. The molecule has 42 heavy (non-hydrogen) atoms. The van der Waals surface area contributed by atoms with E-state index in [1.807, 2.05) is 0 Å². The Kier molecular flexibility index (Phi) is 6.80. The average molecular weight is 573 g/mol. The van der Waals surface area contributed by atoms with E-state index in [0.717, 1.165) is 0 Å². The predicted molar refractivity (Wildman–Crippen MR) is 155 cm³/mol. The minimum atomic E-state index is -2.70. The molecule has 11 nitrogen and oxygen atoms in total. The van der Waals surface area contributed by atoms with Gasteiger partial charge in [-0.25, -0.2) is 0 Å². The summed E-state index contributed by atoms with van der Waals surface area (Å²) < 4.78 is 0. The zero-order valence-corrected chi connectivity index (χ0v) is 23.6. The highest BCUT2D eigenvalue weighted by Crippen LogP contribution is 2.54. The molecule has 4 atom stereocenters. The Balaban J connectivity index is 1.72. The summed E-state index contributed by atoms with van der Waals surface area (Å²) in [7, 11) is 6.70. The normalized spacial score (nSPS) is 25.0. The zero-order valence-electron chi connectivity index (χ0n) is 23.6. The largest absolute Gasteiger partial charge is 0.508 e. The van der Waals surface area contributed by atoms with Gasteiger partial charge in [-0.2, -0.15) is 0 Å². The standard InChI is InChI=1S/C31H32N4O7/c1-34(2)20-13-15(8-5-14-6-9-17(32)10-7-14)25(36)22-18(20)11-16-12-19-24(35(3)4)27(38)23(30(33)41)29(40)31(19,42)28(39)21(16)26(22)37/h6-7,9-10,13,16,19,24,36-37,40,42H,11-12,32H2,1-4H3,(H2,33,41)/t16-,19-,24-,31-/m0/s1. The molecule has 3 aliphatic carbocycles. The van der Waals surface area contributed by atoms with Crippen molar-refractivity contribution in [3.8, 4) is 17.6 Å². The lowest BCUT2D eigenvalue weighted by atomic mass is 9.57. The van der Waals surface area contributed by atoms with Crippen LogP contribution in [0.5, 0.6) is 5.75 Å². The Labute approximate surface area is 242 Å². The molecule has 218 valence electrons. The molecular weight excluding hydrogens is 540 g/mol. The molecule has 0 aromatic heterocycles. The molecule has 0 spiro atoms. The highest BCUT2D eigenvalue weighted by Gasteiger charge is 2.64. The molecule has 2 aromatic rings. The van der Waals surface area contributed by atoms with Crippen molar-refractivity contribution in [1.29, 1.82) is 0 Å². The van der Waals surface area contributed by atoms with Gasteiger partial charge in [-0.3, -0.25) is 19.3 Å². The number of hydrogen-bond donors (Lipinski definition) is 6. The fourth-order valence-corrected chi connectivity index (χ4v) is 6.49. The number of anilines is 2. The molecule has 3 aliphatic rings. The van der Waals surface area contributed by atoms with Crippen LogP contribution in [0.3, 0.4) is 0 Å². The summed E-state index contributed by atoms with van der Waals surface area (Å²) >= 11 is 0. The number of amides is 1. The van der Waals surface area contributed by atoms with Crippen LogP contribution in [0.1, 0.15) is 28.7 Å². The number of aliphatic hydroxyl groups excluding tert-OH is 2. The fraction of sp³-hybridized carbons (Fsp3) is 0.323. The van der Waals surface area contributed by atoms with Gasteiger partial charge in [0.05, 0.1) is 17.2 Å². The van der Waals surface area contributed by atoms with E-state index in [-0.39, 0.29) is 35.3 Å². The van der Waals surface area contributed by atoms with Gasteiger partial charge in [0.1, 0.15) is 22.8 Å². The molecule has 1 amide bonds. The summed E-state index contributed by atoms with van der Waals surface area (Å²) in [6.07, 6.45) is 0.194. The number of ketones is 2. The number of phenols is 1. The summed E-state index contributed by atoms with van der Waals surface area (Å²) in [5.41, 5.74) is 9.95. The number of phenolic OH excluding ortho intramolecular Hbond substituents is 1. The second kappa shape index (κ2) is 9.94. The predicted octanol–water partition coefficient (Wildman–Crippen LogP) is 1.01. The molecule has 0 heterocycles. The van der Waals surface area contributed by atoms with E-state index in [4.69, 9.17) is 11.5 Å². The molecule has 0 radical (unpaired) electrons. The molecule has 1 saturated carbocycles. The number of primary amides is 1. The minimum Gasteiger partial charge on any atom is -0.508 e. The molecule has 2 aromatic carbocycles. The first-order chi connectivity index (χ1) is 19.7. The maximum atomic E-state index is 14.1. The van der Waals surface area contributed by atoms with Gasteiger partial charge < -0.3 is 36.8 Å². The van der Waals surface area contributed by atoms with E-state index in [1.165, 1.54) is 4.90 Å². The first-order valence-electron chi connectivity index (χ1n) is 13.3. The number of nitrogen functional groups attached to an aromatic ring is 1. The van der Waals surface area contributed by atoms with E-state index in [9.17, 15) is 34.8 Å². The number of rotatable bonds is 3. The minimum absolute atomic E-state index is 0.0120. The van der Waals surface area contributed by atoms with Crippen LogP contribution in [-0.4, -0.2) is 82.6 Å². The number of likely N-dealkylation sites (N-methyl/N-ethyl adjacent to an activating group) is 1. The highest BCUT2D eigenvalue weighted by atomic mass is 16.3. The first-order valence-corrected chi connectivity index (χ1v) is 13.3. The fourth-order valence-electron chi connectivity index (χ4n) is 6.49. The van der Waals surface area contributed by atoms with Crippen molar-refractivity contribution in [2.45, 2.75) is 24.5 Å². The second-order valence-electron chi connectivity index (χ2n) is 11.4. The molecule has 0 aliphatic heterocycles. The number of nitrogens with zero attached hydrogens (tertiary/aromatic N) is 2. The third-order valence-electron chi connectivity index (χ3n) is 8.43. The van der Waals surface area contributed by atoms with Crippen molar-refractivity contribution in [2.75, 3.05) is 38.8 Å². The third kappa shape index (κ3) is 4.10. The van der Waals surface area contributed by atoms with E-state index >= 15 is 0 Å². The van der Waals surface area contributed by atoms with Crippen molar-refractivity contribution >= 4 is 34.6 Å². The van der Waals surface area contributed by atoms with Gasteiger partial charge in [-0.05, 0) is 68.8 Å². The molecule has 8 N–H and O–H groups in total. The zero-order chi connectivity index (χ0) is 30.8. The van der Waals surface area contributed by atoms with E-state index in [1.54, 1.807) is 63.4 Å². The monoisotopic (exact) mass is 572 g/mol. The Hall–Kier alpha value is -4.79. The van der Waals surface area contributed by atoms with Crippen molar-refractivity contribution in [3.05, 3.63) is 69.5 Å². The van der Waals surface area contributed by atoms with Crippen LogP contribution < -0.4 is 16.4 Å². The third-order valence-corrected chi connectivity index (χ3v) is 8.43. The lowest BCUT2D eigenvalue weighted by molar-refractivity contribution is -0.153. The van der Waals surface area contributed by atoms with Crippen molar-refractivity contribution in [2.24, 2.45) is 17.6 Å². The molecular formula is C31H32N4O7. The van der Waals surface area contributed by atoms with Crippen LogP contribution in [0.4, 0.5) is 11.4 Å². The molecule has 5 rings (SSSR count). The van der Waals surface area contributed by atoms with E-state index in [2.05, 4.69) is 11.8 Å². The van der Waals surface area contributed by atoms with Crippen LogP contribution >= 0.6 is 0 Å². The summed E-state index contributed by atoms with van der Waals surface area (Å²) in [6.45, 7) is 0. The summed E-state index contributed by atoms with van der Waals surface area (Å²) in [5, 5.41) is 45.7. The number of aliphatic hydroxyl groups is 3. The average Bonchev–Trinajstić information content (AvgIpc) is 2.90. The molecule has 0 saturated heterocycles. The summed E-state index contributed by atoms with van der Waals surface area (Å²) in [4.78, 5) is 42.7. The number of benzene rings is 2. The topological polar surface area (TPSA) is 191 Å². The van der Waals surface area contributed by atoms with Crippen LogP contribution in [0.15, 0.2) is 47.2 Å². The van der Waals surface area contributed by atoms with Gasteiger partial charge in [0.15, 0.2) is 11.4 Å². The maximum absolute atomic E-state index is 14.1. The number of fused-ring (bicyclic) bond motifs is 3. The SMILES string of the molecule is CN(C)c1cc(C#Cc2ccc(N)cc2)c(O)c2c1C[C@H]1C[C@H]3[C@H](N(C)C)C(=O)C(C(N)=O)=C(O)[C@@]3(O)C(=O)C1=C2O.